The van der Waals surface area contributed by atoms with Crippen LogP contribution in [0.4, 0.5) is 5.69 Å². The molecule has 0 radical (unpaired) electrons. The molecule has 1 N–H and O–H groups in total. The van der Waals surface area contributed by atoms with E-state index in [0.717, 1.165) is 18.4 Å². The SMILES string of the molecule is Cc1ccncc1NC(=O)c1ccc(S(=O)(=O)N2CCC(C)CC2)cc1. The second kappa shape index (κ2) is 7.55. The fraction of sp³-hybridized carbons (Fsp3) is 0.368. The molecule has 138 valence electrons. The summed E-state index contributed by atoms with van der Waals surface area (Å²) >= 11 is 0. The number of carbonyl (C=O) groups excluding carboxylic acids is 1. The molecule has 26 heavy (non-hydrogen) atoms. The first kappa shape index (κ1) is 18.5. The van der Waals surface area contributed by atoms with E-state index in [4.69, 9.17) is 0 Å². The molecule has 2 aromatic rings. The van der Waals surface area contributed by atoms with Crippen molar-refractivity contribution in [3.8, 4) is 0 Å². The Bertz CT molecular complexity index is 887. The average Bonchev–Trinajstić information content (AvgIpc) is 2.64. The Hall–Kier alpha value is -2.25. The molecule has 0 atom stereocenters. The first-order chi connectivity index (χ1) is 12.4. The summed E-state index contributed by atoms with van der Waals surface area (Å²) in [5.74, 6) is 0.264. The van der Waals surface area contributed by atoms with Gasteiger partial charge in [0.15, 0.2) is 0 Å². The van der Waals surface area contributed by atoms with E-state index >= 15 is 0 Å². The second-order valence-corrected chi connectivity index (χ2v) is 8.69. The van der Waals surface area contributed by atoms with Crippen LogP contribution in [0.2, 0.25) is 0 Å². The summed E-state index contributed by atoms with van der Waals surface area (Å²) < 4.78 is 27.0. The molecular weight excluding hydrogens is 350 g/mol. The molecule has 1 amide bonds. The van der Waals surface area contributed by atoms with Crippen molar-refractivity contribution in [2.24, 2.45) is 5.92 Å². The number of pyridine rings is 1. The number of aromatic nitrogens is 1. The third-order valence-corrected chi connectivity index (χ3v) is 6.70. The van der Waals surface area contributed by atoms with Crippen LogP contribution in [0.3, 0.4) is 0 Å². The zero-order chi connectivity index (χ0) is 18.7. The van der Waals surface area contributed by atoms with Gasteiger partial charge in [-0.25, -0.2) is 8.42 Å². The predicted octanol–water partition coefficient (Wildman–Crippen LogP) is 3.06. The number of nitrogens with zero attached hydrogens (tertiary/aromatic N) is 2. The minimum Gasteiger partial charge on any atom is -0.320 e. The maximum absolute atomic E-state index is 12.7. The molecule has 1 fully saturated rings. The van der Waals surface area contributed by atoms with Gasteiger partial charge in [0.05, 0.1) is 16.8 Å². The van der Waals surface area contributed by atoms with Gasteiger partial charge in [-0.15, -0.1) is 0 Å². The van der Waals surface area contributed by atoms with Crippen LogP contribution in [-0.4, -0.2) is 36.7 Å². The van der Waals surface area contributed by atoms with E-state index in [1.54, 1.807) is 24.5 Å². The van der Waals surface area contributed by atoms with Gasteiger partial charge in [0.2, 0.25) is 10.0 Å². The van der Waals surface area contributed by atoms with Crippen LogP contribution in [0.15, 0.2) is 47.6 Å². The van der Waals surface area contributed by atoms with Gasteiger partial charge >= 0.3 is 0 Å². The molecule has 0 spiro atoms. The summed E-state index contributed by atoms with van der Waals surface area (Å²) in [5.41, 5.74) is 1.95. The van der Waals surface area contributed by atoms with Crippen molar-refractivity contribution in [1.29, 1.82) is 0 Å². The number of nitrogens with one attached hydrogen (secondary N) is 1. The molecule has 2 heterocycles. The van der Waals surface area contributed by atoms with Gasteiger partial charge in [0, 0.05) is 24.8 Å². The summed E-state index contributed by atoms with van der Waals surface area (Å²) in [6, 6.07) is 7.89. The minimum atomic E-state index is -3.50. The number of carbonyl (C=O) groups is 1. The minimum absolute atomic E-state index is 0.223. The third-order valence-electron chi connectivity index (χ3n) is 4.78. The Morgan fingerprint density at radius 3 is 2.42 bits per heavy atom. The highest BCUT2D eigenvalue weighted by Gasteiger charge is 2.28. The summed E-state index contributed by atoms with van der Waals surface area (Å²) in [6.45, 7) is 5.12. The summed E-state index contributed by atoms with van der Waals surface area (Å²) in [4.78, 5) is 16.6. The molecule has 6 nitrogen and oxygen atoms in total. The van der Waals surface area contributed by atoms with Gasteiger partial charge < -0.3 is 5.32 Å². The molecule has 7 heteroatoms. The predicted molar refractivity (Wildman–Crippen MR) is 101 cm³/mol. The lowest BCUT2D eigenvalue weighted by atomic mass is 10.0. The first-order valence-corrected chi connectivity index (χ1v) is 10.1. The van der Waals surface area contributed by atoms with E-state index in [-0.39, 0.29) is 10.8 Å². The van der Waals surface area contributed by atoms with Crippen LogP contribution in [0.1, 0.15) is 35.7 Å². The van der Waals surface area contributed by atoms with Crippen molar-refractivity contribution >= 4 is 21.6 Å². The van der Waals surface area contributed by atoms with Gasteiger partial charge in [-0.05, 0) is 61.6 Å². The smallest absolute Gasteiger partial charge is 0.255 e. The molecule has 0 unspecified atom stereocenters. The summed E-state index contributed by atoms with van der Waals surface area (Å²) in [7, 11) is -3.50. The molecule has 1 aliphatic rings. The fourth-order valence-electron chi connectivity index (χ4n) is 2.94. The van der Waals surface area contributed by atoms with E-state index in [0.29, 0.717) is 30.3 Å². The van der Waals surface area contributed by atoms with Gasteiger partial charge in [0.1, 0.15) is 0 Å². The van der Waals surface area contributed by atoms with Gasteiger partial charge in [-0.2, -0.15) is 4.31 Å². The molecule has 1 aromatic heterocycles. The Morgan fingerprint density at radius 1 is 1.15 bits per heavy atom. The quantitative estimate of drug-likeness (QED) is 0.893. The van der Waals surface area contributed by atoms with E-state index in [2.05, 4.69) is 17.2 Å². The van der Waals surface area contributed by atoms with Crippen LogP contribution in [0.5, 0.6) is 0 Å². The van der Waals surface area contributed by atoms with Crippen LogP contribution < -0.4 is 5.32 Å². The largest absolute Gasteiger partial charge is 0.320 e. The Balaban J connectivity index is 1.74. The van der Waals surface area contributed by atoms with Crippen molar-refractivity contribution < 1.29 is 13.2 Å². The van der Waals surface area contributed by atoms with Gasteiger partial charge in [0.25, 0.3) is 5.91 Å². The monoisotopic (exact) mass is 373 g/mol. The topological polar surface area (TPSA) is 79.4 Å². The summed E-state index contributed by atoms with van der Waals surface area (Å²) in [5, 5.41) is 2.79. The normalized spacial score (nSPS) is 16.4. The highest BCUT2D eigenvalue weighted by atomic mass is 32.2. The molecule has 1 aromatic carbocycles. The molecule has 3 rings (SSSR count). The number of aryl methyl sites for hydroxylation is 1. The Labute approximate surface area is 154 Å². The number of sulfonamides is 1. The van der Waals surface area contributed by atoms with Gasteiger partial charge in [-0.1, -0.05) is 6.92 Å². The van der Waals surface area contributed by atoms with E-state index in [1.165, 1.54) is 16.4 Å². The molecule has 0 aliphatic carbocycles. The van der Waals surface area contributed by atoms with Crippen molar-refractivity contribution in [3.05, 3.63) is 53.9 Å². The van der Waals surface area contributed by atoms with Crippen molar-refractivity contribution in [1.82, 2.24) is 9.29 Å². The number of hydrogen-bond donors (Lipinski definition) is 1. The maximum Gasteiger partial charge on any atom is 0.255 e. The van der Waals surface area contributed by atoms with Crippen LogP contribution in [-0.2, 0) is 10.0 Å². The van der Waals surface area contributed by atoms with Crippen LogP contribution in [0.25, 0.3) is 0 Å². The van der Waals surface area contributed by atoms with E-state index < -0.39 is 10.0 Å². The Morgan fingerprint density at radius 2 is 1.81 bits per heavy atom. The number of anilines is 1. The zero-order valence-corrected chi connectivity index (χ0v) is 15.8. The average molecular weight is 373 g/mol. The molecular formula is C19H23N3O3S. The lowest BCUT2D eigenvalue weighted by Gasteiger charge is -2.29. The molecule has 0 saturated carbocycles. The molecule has 0 bridgehead atoms. The zero-order valence-electron chi connectivity index (χ0n) is 15.0. The number of hydrogen-bond acceptors (Lipinski definition) is 4. The number of amides is 1. The lowest BCUT2D eigenvalue weighted by Crippen LogP contribution is -2.37. The first-order valence-electron chi connectivity index (χ1n) is 8.70. The lowest BCUT2D eigenvalue weighted by molar-refractivity contribution is 0.102. The highest BCUT2D eigenvalue weighted by molar-refractivity contribution is 7.89. The number of piperidine rings is 1. The third kappa shape index (κ3) is 3.94. The summed E-state index contributed by atoms with van der Waals surface area (Å²) in [6.07, 6.45) is 5.00. The molecule has 1 aliphatic heterocycles. The van der Waals surface area contributed by atoms with E-state index in [9.17, 15) is 13.2 Å². The van der Waals surface area contributed by atoms with Gasteiger partial charge in [-0.3, -0.25) is 9.78 Å². The van der Waals surface area contributed by atoms with Crippen molar-refractivity contribution in [3.63, 3.8) is 0 Å². The molecule has 1 saturated heterocycles. The van der Waals surface area contributed by atoms with E-state index in [1.807, 2.05) is 13.0 Å². The van der Waals surface area contributed by atoms with Crippen LogP contribution >= 0.6 is 0 Å². The van der Waals surface area contributed by atoms with Crippen molar-refractivity contribution in [2.75, 3.05) is 18.4 Å². The number of benzene rings is 1. The van der Waals surface area contributed by atoms with Crippen molar-refractivity contribution in [2.45, 2.75) is 31.6 Å². The highest BCUT2D eigenvalue weighted by Crippen LogP contribution is 2.24. The maximum atomic E-state index is 12.7. The second-order valence-electron chi connectivity index (χ2n) is 6.76. The fourth-order valence-corrected chi connectivity index (χ4v) is 4.41. The number of rotatable bonds is 4. The Kier molecular flexibility index (Phi) is 5.38. The standard InChI is InChI=1S/C19H23N3O3S/c1-14-8-11-22(12-9-14)26(24,25)17-5-3-16(4-6-17)19(23)21-18-13-20-10-7-15(18)2/h3-7,10,13-14H,8-9,11-12H2,1-2H3,(H,21,23). The van der Waals surface area contributed by atoms with Crippen LogP contribution in [0, 0.1) is 12.8 Å².